The SMILES string of the molecule is CCn1ccnc(NC2COc3ccccc32)c1=O. The third-order valence-corrected chi connectivity index (χ3v) is 3.27. The molecule has 1 aliphatic heterocycles. The van der Waals surface area contributed by atoms with Crippen LogP contribution in [0.25, 0.3) is 0 Å². The van der Waals surface area contributed by atoms with Crippen molar-refractivity contribution in [1.82, 2.24) is 9.55 Å². The summed E-state index contributed by atoms with van der Waals surface area (Å²) < 4.78 is 7.20. The number of benzene rings is 1. The molecule has 0 spiro atoms. The molecule has 1 aromatic carbocycles. The van der Waals surface area contributed by atoms with Gasteiger partial charge in [-0.25, -0.2) is 4.98 Å². The first kappa shape index (κ1) is 11.8. The van der Waals surface area contributed by atoms with Crippen LogP contribution in [0.1, 0.15) is 18.5 Å². The third-order valence-electron chi connectivity index (χ3n) is 3.27. The highest BCUT2D eigenvalue weighted by atomic mass is 16.5. The van der Waals surface area contributed by atoms with Crippen LogP contribution in [0.5, 0.6) is 5.75 Å². The van der Waals surface area contributed by atoms with Crippen molar-refractivity contribution in [1.29, 1.82) is 0 Å². The fourth-order valence-corrected chi connectivity index (χ4v) is 2.24. The van der Waals surface area contributed by atoms with Crippen molar-refractivity contribution in [3.63, 3.8) is 0 Å². The lowest BCUT2D eigenvalue weighted by Crippen LogP contribution is -2.26. The number of nitrogens with one attached hydrogen (secondary N) is 1. The van der Waals surface area contributed by atoms with Crippen molar-refractivity contribution in [3.8, 4) is 5.75 Å². The summed E-state index contributed by atoms with van der Waals surface area (Å²) in [4.78, 5) is 16.2. The van der Waals surface area contributed by atoms with Crippen molar-refractivity contribution in [3.05, 3.63) is 52.6 Å². The number of anilines is 1. The Morgan fingerprint density at radius 3 is 3.16 bits per heavy atom. The topological polar surface area (TPSA) is 56.1 Å². The number of aromatic nitrogens is 2. The minimum atomic E-state index is -0.102. The molecule has 0 aliphatic carbocycles. The molecule has 5 nitrogen and oxygen atoms in total. The Hall–Kier alpha value is -2.30. The van der Waals surface area contributed by atoms with E-state index in [0.717, 1.165) is 11.3 Å². The predicted octanol–water partition coefficient (Wildman–Crippen LogP) is 1.81. The Labute approximate surface area is 110 Å². The molecule has 0 saturated heterocycles. The average Bonchev–Trinajstić information content (AvgIpc) is 2.85. The molecule has 0 amide bonds. The molecule has 2 aromatic rings. The molecular formula is C14H15N3O2. The Bertz CT molecular complexity index is 651. The normalized spacial score (nSPS) is 16.8. The van der Waals surface area contributed by atoms with E-state index in [4.69, 9.17) is 4.74 Å². The monoisotopic (exact) mass is 257 g/mol. The summed E-state index contributed by atoms with van der Waals surface area (Å²) in [5.41, 5.74) is 0.963. The minimum Gasteiger partial charge on any atom is -0.491 e. The standard InChI is InChI=1S/C14H15N3O2/c1-2-17-8-7-15-13(14(17)18)16-11-9-19-12-6-4-3-5-10(11)12/h3-8,11H,2,9H2,1H3,(H,15,16). The van der Waals surface area contributed by atoms with E-state index in [0.29, 0.717) is 19.0 Å². The number of hydrogen-bond donors (Lipinski definition) is 1. The van der Waals surface area contributed by atoms with Crippen LogP contribution in [0.4, 0.5) is 5.82 Å². The van der Waals surface area contributed by atoms with Gasteiger partial charge >= 0.3 is 0 Å². The summed E-state index contributed by atoms with van der Waals surface area (Å²) in [6.07, 6.45) is 3.32. The second-order valence-corrected chi connectivity index (χ2v) is 4.41. The van der Waals surface area contributed by atoms with Crippen molar-refractivity contribution in [2.75, 3.05) is 11.9 Å². The molecule has 2 heterocycles. The van der Waals surface area contributed by atoms with Gasteiger partial charge in [-0.15, -0.1) is 0 Å². The molecule has 0 bridgehead atoms. The van der Waals surface area contributed by atoms with E-state index in [1.807, 2.05) is 31.2 Å². The number of rotatable bonds is 3. The Kier molecular flexibility index (Phi) is 2.95. The lowest BCUT2D eigenvalue weighted by atomic mass is 10.1. The van der Waals surface area contributed by atoms with Gasteiger partial charge in [-0.2, -0.15) is 0 Å². The van der Waals surface area contributed by atoms with Gasteiger partial charge in [0.25, 0.3) is 5.56 Å². The summed E-state index contributed by atoms with van der Waals surface area (Å²) in [7, 11) is 0. The van der Waals surface area contributed by atoms with Gasteiger partial charge < -0.3 is 14.6 Å². The zero-order valence-corrected chi connectivity index (χ0v) is 10.7. The van der Waals surface area contributed by atoms with Gasteiger partial charge in [-0.3, -0.25) is 4.79 Å². The number of ether oxygens (including phenoxy) is 1. The maximum Gasteiger partial charge on any atom is 0.293 e. The van der Waals surface area contributed by atoms with Crippen molar-refractivity contribution >= 4 is 5.82 Å². The zero-order chi connectivity index (χ0) is 13.2. The molecule has 0 saturated carbocycles. The molecule has 3 rings (SSSR count). The van der Waals surface area contributed by atoms with Crippen LogP contribution < -0.4 is 15.6 Å². The highest BCUT2D eigenvalue weighted by Crippen LogP contribution is 2.33. The third kappa shape index (κ3) is 2.07. The molecule has 1 aromatic heterocycles. The Morgan fingerprint density at radius 2 is 2.32 bits per heavy atom. The Morgan fingerprint density at radius 1 is 1.47 bits per heavy atom. The van der Waals surface area contributed by atoms with E-state index >= 15 is 0 Å². The lowest BCUT2D eigenvalue weighted by Gasteiger charge is -2.12. The van der Waals surface area contributed by atoms with Crippen LogP contribution in [-0.4, -0.2) is 16.2 Å². The van der Waals surface area contributed by atoms with Gasteiger partial charge in [0, 0.05) is 24.5 Å². The minimum absolute atomic E-state index is 0.0240. The average molecular weight is 257 g/mol. The molecular weight excluding hydrogens is 242 g/mol. The maximum atomic E-state index is 12.1. The molecule has 1 N–H and O–H groups in total. The lowest BCUT2D eigenvalue weighted by molar-refractivity contribution is 0.339. The van der Waals surface area contributed by atoms with Crippen LogP contribution in [0.2, 0.25) is 0 Å². The second kappa shape index (κ2) is 4.76. The zero-order valence-electron chi connectivity index (χ0n) is 10.7. The number of para-hydroxylation sites is 1. The molecule has 5 heteroatoms. The summed E-state index contributed by atoms with van der Waals surface area (Å²) in [5, 5.41) is 3.17. The largest absolute Gasteiger partial charge is 0.491 e. The number of hydrogen-bond acceptors (Lipinski definition) is 4. The van der Waals surface area contributed by atoms with Gasteiger partial charge in [-0.05, 0) is 13.0 Å². The summed E-state index contributed by atoms with van der Waals surface area (Å²) in [5.74, 6) is 1.24. The van der Waals surface area contributed by atoms with Crippen molar-refractivity contribution in [2.45, 2.75) is 19.5 Å². The second-order valence-electron chi connectivity index (χ2n) is 4.41. The summed E-state index contributed by atoms with van der Waals surface area (Å²) in [6.45, 7) is 3.08. The van der Waals surface area contributed by atoms with Gasteiger partial charge in [0.05, 0.1) is 6.04 Å². The first-order chi connectivity index (χ1) is 9.29. The van der Waals surface area contributed by atoms with Crippen LogP contribution in [0, 0.1) is 0 Å². The van der Waals surface area contributed by atoms with Crippen molar-refractivity contribution < 1.29 is 4.74 Å². The van der Waals surface area contributed by atoms with Crippen molar-refractivity contribution in [2.24, 2.45) is 0 Å². The van der Waals surface area contributed by atoms with Gasteiger partial charge in [0.2, 0.25) is 0 Å². The predicted molar refractivity (Wildman–Crippen MR) is 72.5 cm³/mol. The van der Waals surface area contributed by atoms with E-state index in [1.54, 1.807) is 17.0 Å². The first-order valence-corrected chi connectivity index (χ1v) is 6.33. The van der Waals surface area contributed by atoms with Crippen LogP contribution in [-0.2, 0) is 6.54 Å². The summed E-state index contributed by atoms with van der Waals surface area (Å²) >= 11 is 0. The number of aryl methyl sites for hydroxylation is 1. The molecule has 1 unspecified atom stereocenters. The fraction of sp³-hybridized carbons (Fsp3) is 0.286. The molecule has 0 radical (unpaired) electrons. The van der Waals surface area contributed by atoms with E-state index in [-0.39, 0.29) is 11.6 Å². The number of fused-ring (bicyclic) bond motifs is 1. The van der Waals surface area contributed by atoms with Gasteiger partial charge in [-0.1, -0.05) is 18.2 Å². The van der Waals surface area contributed by atoms with E-state index in [2.05, 4.69) is 10.3 Å². The van der Waals surface area contributed by atoms with Crippen LogP contribution >= 0.6 is 0 Å². The van der Waals surface area contributed by atoms with E-state index in [9.17, 15) is 4.79 Å². The molecule has 98 valence electrons. The molecule has 1 aliphatic rings. The van der Waals surface area contributed by atoms with Gasteiger partial charge in [0.15, 0.2) is 5.82 Å². The first-order valence-electron chi connectivity index (χ1n) is 6.33. The maximum absolute atomic E-state index is 12.1. The van der Waals surface area contributed by atoms with Crippen LogP contribution in [0.15, 0.2) is 41.5 Å². The highest BCUT2D eigenvalue weighted by Gasteiger charge is 2.24. The summed E-state index contributed by atoms with van der Waals surface area (Å²) in [6, 6.07) is 7.81. The fourth-order valence-electron chi connectivity index (χ4n) is 2.24. The highest BCUT2D eigenvalue weighted by molar-refractivity contribution is 5.45. The quantitative estimate of drug-likeness (QED) is 0.911. The molecule has 19 heavy (non-hydrogen) atoms. The smallest absolute Gasteiger partial charge is 0.293 e. The Balaban J connectivity index is 1.90. The molecule has 0 fully saturated rings. The molecule has 1 atom stereocenters. The number of nitrogens with zero attached hydrogens (tertiary/aromatic N) is 2. The van der Waals surface area contributed by atoms with E-state index < -0.39 is 0 Å². The van der Waals surface area contributed by atoms with Crippen LogP contribution in [0.3, 0.4) is 0 Å². The van der Waals surface area contributed by atoms with Gasteiger partial charge in [0.1, 0.15) is 12.4 Å². The van der Waals surface area contributed by atoms with E-state index in [1.165, 1.54) is 0 Å².